The highest BCUT2D eigenvalue weighted by Crippen LogP contribution is 2.31. The van der Waals surface area contributed by atoms with Crippen LogP contribution in [0.5, 0.6) is 5.75 Å². The van der Waals surface area contributed by atoms with Crippen molar-refractivity contribution in [3.8, 4) is 5.75 Å². The molecule has 0 bridgehead atoms. The number of hydrogen-bond acceptors (Lipinski definition) is 3. The van der Waals surface area contributed by atoms with Crippen LogP contribution in [0.2, 0.25) is 0 Å². The van der Waals surface area contributed by atoms with Crippen molar-refractivity contribution in [2.45, 2.75) is 26.3 Å². The standard InChI is InChI=1S/C15H22N2OS/c1-3-17(9-11-4-5-11)10-13-8-12(15(16)19)6-7-14(13)18-2/h6-8,11H,3-5,9-10H2,1-2H3,(H2,16,19). The van der Waals surface area contributed by atoms with Gasteiger partial charge in [-0.3, -0.25) is 4.90 Å². The number of nitrogens with two attached hydrogens (primary N) is 1. The molecule has 19 heavy (non-hydrogen) atoms. The summed E-state index contributed by atoms with van der Waals surface area (Å²) in [6.07, 6.45) is 2.75. The number of benzene rings is 1. The van der Waals surface area contributed by atoms with Gasteiger partial charge in [0.1, 0.15) is 10.7 Å². The summed E-state index contributed by atoms with van der Waals surface area (Å²) in [7, 11) is 1.70. The second kappa shape index (κ2) is 6.35. The lowest BCUT2D eigenvalue weighted by molar-refractivity contribution is 0.263. The van der Waals surface area contributed by atoms with Gasteiger partial charge in [0.05, 0.1) is 7.11 Å². The molecule has 0 heterocycles. The van der Waals surface area contributed by atoms with E-state index in [1.807, 2.05) is 12.1 Å². The second-order valence-corrected chi connectivity index (χ2v) is 5.60. The molecule has 1 aromatic carbocycles. The quantitative estimate of drug-likeness (QED) is 0.778. The Balaban J connectivity index is 2.14. The minimum atomic E-state index is 0.439. The van der Waals surface area contributed by atoms with Crippen LogP contribution < -0.4 is 10.5 Å². The van der Waals surface area contributed by atoms with E-state index in [0.717, 1.165) is 35.9 Å². The Hall–Kier alpha value is -1.13. The molecule has 2 N–H and O–H groups in total. The van der Waals surface area contributed by atoms with Gasteiger partial charge in [0, 0.05) is 24.2 Å². The van der Waals surface area contributed by atoms with Crippen LogP contribution in [-0.2, 0) is 6.54 Å². The fourth-order valence-electron chi connectivity index (χ4n) is 2.27. The molecule has 0 unspecified atom stereocenters. The van der Waals surface area contributed by atoms with Crippen molar-refractivity contribution < 1.29 is 4.74 Å². The summed E-state index contributed by atoms with van der Waals surface area (Å²) < 4.78 is 5.44. The first kappa shape index (κ1) is 14.3. The Morgan fingerprint density at radius 3 is 2.74 bits per heavy atom. The maximum Gasteiger partial charge on any atom is 0.123 e. The van der Waals surface area contributed by atoms with Gasteiger partial charge < -0.3 is 10.5 Å². The molecule has 2 rings (SSSR count). The zero-order valence-electron chi connectivity index (χ0n) is 11.7. The number of nitrogens with zero attached hydrogens (tertiary/aromatic N) is 1. The van der Waals surface area contributed by atoms with E-state index in [1.165, 1.54) is 19.4 Å². The fraction of sp³-hybridized carbons (Fsp3) is 0.533. The summed E-state index contributed by atoms with van der Waals surface area (Å²) in [5.74, 6) is 1.80. The summed E-state index contributed by atoms with van der Waals surface area (Å²) in [5.41, 5.74) is 7.78. The van der Waals surface area contributed by atoms with Crippen LogP contribution in [0.4, 0.5) is 0 Å². The molecule has 0 aliphatic heterocycles. The van der Waals surface area contributed by atoms with Gasteiger partial charge >= 0.3 is 0 Å². The van der Waals surface area contributed by atoms with Crippen LogP contribution >= 0.6 is 12.2 Å². The summed E-state index contributed by atoms with van der Waals surface area (Å²) in [5, 5.41) is 0. The van der Waals surface area contributed by atoms with E-state index < -0.39 is 0 Å². The monoisotopic (exact) mass is 278 g/mol. The third kappa shape index (κ3) is 3.91. The van der Waals surface area contributed by atoms with Crippen molar-refractivity contribution in [1.29, 1.82) is 0 Å². The molecular weight excluding hydrogens is 256 g/mol. The molecule has 1 aliphatic carbocycles. The topological polar surface area (TPSA) is 38.5 Å². The first-order chi connectivity index (χ1) is 9.13. The molecule has 0 saturated heterocycles. The van der Waals surface area contributed by atoms with Crippen molar-refractivity contribution in [3.63, 3.8) is 0 Å². The summed E-state index contributed by atoms with van der Waals surface area (Å²) in [4.78, 5) is 2.90. The largest absolute Gasteiger partial charge is 0.496 e. The molecule has 0 atom stereocenters. The average molecular weight is 278 g/mol. The highest BCUT2D eigenvalue weighted by atomic mass is 32.1. The predicted octanol–water partition coefficient (Wildman–Crippen LogP) is 2.56. The molecule has 0 spiro atoms. The van der Waals surface area contributed by atoms with E-state index in [9.17, 15) is 0 Å². The van der Waals surface area contributed by atoms with Gasteiger partial charge in [-0.1, -0.05) is 19.1 Å². The van der Waals surface area contributed by atoms with Gasteiger partial charge in [0.25, 0.3) is 0 Å². The van der Waals surface area contributed by atoms with Crippen molar-refractivity contribution in [2.24, 2.45) is 11.7 Å². The Morgan fingerprint density at radius 2 is 2.21 bits per heavy atom. The van der Waals surface area contributed by atoms with Crippen molar-refractivity contribution >= 4 is 17.2 Å². The van der Waals surface area contributed by atoms with Crippen LogP contribution in [0.1, 0.15) is 30.9 Å². The van der Waals surface area contributed by atoms with Crippen LogP contribution in [0, 0.1) is 5.92 Å². The first-order valence-electron chi connectivity index (χ1n) is 6.83. The van der Waals surface area contributed by atoms with Gasteiger partial charge in [0.2, 0.25) is 0 Å². The number of rotatable bonds is 7. The average Bonchev–Trinajstić information content (AvgIpc) is 3.21. The van der Waals surface area contributed by atoms with Crippen LogP contribution in [-0.4, -0.2) is 30.1 Å². The molecule has 1 aliphatic rings. The Morgan fingerprint density at radius 1 is 1.47 bits per heavy atom. The second-order valence-electron chi connectivity index (χ2n) is 5.16. The predicted molar refractivity (Wildman–Crippen MR) is 82.6 cm³/mol. The molecule has 4 heteroatoms. The minimum Gasteiger partial charge on any atom is -0.496 e. The van der Waals surface area contributed by atoms with Gasteiger partial charge in [-0.15, -0.1) is 0 Å². The van der Waals surface area contributed by atoms with Gasteiger partial charge in [-0.25, -0.2) is 0 Å². The molecule has 104 valence electrons. The number of methoxy groups -OCH3 is 1. The zero-order valence-corrected chi connectivity index (χ0v) is 12.5. The van der Waals surface area contributed by atoms with E-state index in [4.69, 9.17) is 22.7 Å². The van der Waals surface area contributed by atoms with E-state index in [1.54, 1.807) is 7.11 Å². The van der Waals surface area contributed by atoms with E-state index >= 15 is 0 Å². The van der Waals surface area contributed by atoms with Crippen LogP contribution in [0.25, 0.3) is 0 Å². The highest BCUT2D eigenvalue weighted by molar-refractivity contribution is 7.80. The molecule has 3 nitrogen and oxygen atoms in total. The Bertz CT molecular complexity index is 457. The molecule has 1 fully saturated rings. The third-order valence-electron chi connectivity index (χ3n) is 3.62. The van der Waals surface area contributed by atoms with E-state index in [-0.39, 0.29) is 0 Å². The normalized spacial score (nSPS) is 14.7. The molecule has 1 aromatic rings. The lowest BCUT2D eigenvalue weighted by Gasteiger charge is -2.22. The molecular formula is C15H22N2OS. The number of ether oxygens (including phenoxy) is 1. The Kier molecular flexibility index (Phi) is 4.77. The van der Waals surface area contributed by atoms with E-state index in [0.29, 0.717) is 4.99 Å². The maximum atomic E-state index is 5.71. The summed E-state index contributed by atoms with van der Waals surface area (Å²) in [6.45, 7) is 5.33. The lowest BCUT2D eigenvalue weighted by Crippen LogP contribution is -2.25. The van der Waals surface area contributed by atoms with Crippen molar-refractivity contribution in [3.05, 3.63) is 29.3 Å². The highest BCUT2D eigenvalue weighted by Gasteiger charge is 2.24. The molecule has 1 saturated carbocycles. The first-order valence-corrected chi connectivity index (χ1v) is 7.24. The molecule has 0 radical (unpaired) electrons. The SMILES string of the molecule is CCN(Cc1cc(C(N)=S)ccc1OC)CC1CC1. The van der Waals surface area contributed by atoms with Gasteiger partial charge in [-0.05, 0) is 43.5 Å². The maximum absolute atomic E-state index is 5.71. The lowest BCUT2D eigenvalue weighted by atomic mass is 10.1. The summed E-state index contributed by atoms with van der Waals surface area (Å²) in [6, 6.07) is 5.92. The Labute approximate surface area is 120 Å². The van der Waals surface area contributed by atoms with Crippen LogP contribution in [0.3, 0.4) is 0 Å². The number of thiocarbonyl (C=S) groups is 1. The summed E-state index contributed by atoms with van der Waals surface area (Å²) >= 11 is 5.05. The van der Waals surface area contributed by atoms with Gasteiger partial charge in [0.15, 0.2) is 0 Å². The third-order valence-corrected chi connectivity index (χ3v) is 3.86. The van der Waals surface area contributed by atoms with E-state index in [2.05, 4.69) is 17.9 Å². The van der Waals surface area contributed by atoms with Gasteiger partial charge in [-0.2, -0.15) is 0 Å². The van der Waals surface area contributed by atoms with Crippen molar-refractivity contribution in [2.75, 3.05) is 20.2 Å². The van der Waals surface area contributed by atoms with Crippen molar-refractivity contribution in [1.82, 2.24) is 4.90 Å². The molecule has 0 aromatic heterocycles. The minimum absolute atomic E-state index is 0.439. The smallest absolute Gasteiger partial charge is 0.123 e. The van der Waals surface area contributed by atoms with Crippen LogP contribution in [0.15, 0.2) is 18.2 Å². The fourth-order valence-corrected chi connectivity index (χ4v) is 2.39. The molecule has 0 amide bonds. The zero-order chi connectivity index (χ0) is 13.8. The number of hydrogen-bond donors (Lipinski definition) is 1.